The highest BCUT2D eigenvalue weighted by molar-refractivity contribution is 5.91. The van der Waals surface area contributed by atoms with E-state index in [1.165, 1.54) is 18.9 Å². The Morgan fingerprint density at radius 3 is 2.26 bits per heavy atom. The minimum atomic E-state index is -5.08. The summed E-state index contributed by atoms with van der Waals surface area (Å²) < 4.78 is 46.3. The van der Waals surface area contributed by atoms with E-state index in [4.69, 9.17) is 11.2 Å². The summed E-state index contributed by atoms with van der Waals surface area (Å²) in [6, 6.07) is 12.9. The zero-order valence-corrected chi connectivity index (χ0v) is 27.5. The number of terminal acetylenes is 1. The van der Waals surface area contributed by atoms with Gasteiger partial charge in [0.2, 0.25) is 11.8 Å². The van der Waals surface area contributed by atoms with Crippen molar-refractivity contribution in [2.24, 2.45) is 0 Å². The van der Waals surface area contributed by atoms with Crippen LogP contribution < -0.4 is 5.32 Å². The summed E-state index contributed by atoms with van der Waals surface area (Å²) in [5, 5.41) is 2.76. The molecular weight excluding hydrogens is 613 g/mol. The first-order valence-corrected chi connectivity index (χ1v) is 15.5. The maximum atomic E-state index is 14.1. The molecule has 0 spiro atoms. The molecule has 3 atom stereocenters. The summed E-state index contributed by atoms with van der Waals surface area (Å²) in [6.07, 6.45) is 0.823. The highest BCUT2D eigenvalue weighted by atomic mass is 19.4. The van der Waals surface area contributed by atoms with Crippen LogP contribution in [0.3, 0.4) is 0 Å². The number of alkyl halides is 3. The number of halogens is 3. The van der Waals surface area contributed by atoms with Crippen molar-refractivity contribution in [3.05, 3.63) is 71.3 Å². The van der Waals surface area contributed by atoms with Crippen molar-refractivity contribution in [1.82, 2.24) is 20.0 Å². The van der Waals surface area contributed by atoms with Crippen molar-refractivity contribution in [2.75, 3.05) is 26.7 Å². The quantitative estimate of drug-likeness (QED) is 0.358. The Morgan fingerprint density at radius 1 is 1.04 bits per heavy atom. The third-order valence-electron chi connectivity index (χ3n) is 7.95. The van der Waals surface area contributed by atoms with E-state index in [2.05, 4.69) is 11.2 Å². The number of benzene rings is 2. The topological polar surface area (TPSA) is 99.3 Å². The fourth-order valence-electron chi connectivity index (χ4n) is 5.27. The third kappa shape index (κ3) is 10.8. The molecule has 0 bridgehead atoms. The molecule has 1 heterocycles. The number of hydrogen-bond donors (Lipinski definition) is 1. The molecule has 254 valence electrons. The fourth-order valence-corrected chi connectivity index (χ4v) is 5.27. The van der Waals surface area contributed by atoms with Crippen LogP contribution in [0.15, 0.2) is 54.6 Å². The number of hydrogen-bond acceptors (Lipinski definition) is 5. The first-order chi connectivity index (χ1) is 22.0. The van der Waals surface area contributed by atoms with Crippen LogP contribution in [-0.2, 0) is 32.0 Å². The number of amides is 4. The lowest BCUT2D eigenvalue weighted by Crippen LogP contribution is -2.57. The van der Waals surface area contributed by atoms with Crippen molar-refractivity contribution >= 4 is 23.8 Å². The van der Waals surface area contributed by atoms with Gasteiger partial charge in [-0.3, -0.25) is 19.3 Å². The van der Waals surface area contributed by atoms with Gasteiger partial charge in [-0.1, -0.05) is 48.4 Å². The summed E-state index contributed by atoms with van der Waals surface area (Å²) in [5.74, 6) is -0.573. The van der Waals surface area contributed by atoms with E-state index in [9.17, 15) is 32.3 Å². The van der Waals surface area contributed by atoms with Gasteiger partial charge in [0.1, 0.15) is 17.7 Å². The second-order valence-corrected chi connectivity index (χ2v) is 12.7. The molecule has 1 saturated heterocycles. The summed E-state index contributed by atoms with van der Waals surface area (Å²) in [5.41, 5.74) is 1.29. The number of likely N-dealkylation sites (tertiary alicyclic amines) is 1. The predicted octanol–water partition coefficient (Wildman–Crippen LogP) is 4.58. The molecule has 2 aromatic rings. The Hall–Kier alpha value is -4.53. The van der Waals surface area contributed by atoms with Crippen molar-refractivity contribution in [3.63, 3.8) is 0 Å². The second kappa shape index (κ2) is 15.8. The van der Waals surface area contributed by atoms with Gasteiger partial charge < -0.3 is 19.9 Å². The molecule has 0 saturated carbocycles. The van der Waals surface area contributed by atoms with Crippen LogP contribution >= 0.6 is 0 Å². The Bertz CT molecular complexity index is 1430. The van der Waals surface area contributed by atoms with Gasteiger partial charge >= 0.3 is 18.2 Å². The average Bonchev–Trinajstić information content (AvgIpc) is 3.48. The van der Waals surface area contributed by atoms with E-state index in [0.29, 0.717) is 24.0 Å². The SMILES string of the molecule is C#Cc1ccc(C[C@H](NC(=O)[C@H](C)N(C)C(=O)OC(C)(C)C)C(=O)N2CCC[C@H]2CN(CCc2ccccc2)C(=O)C(F)(F)F)cc1. The summed E-state index contributed by atoms with van der Waals surface area (Å²) in [4.78, 5) is 56.0. The second-order valence-electron chi connectivity index (χ2n) is 12.7. The van der Waals surface area contributed by atoms with E-state index >= 15 is 0 Å². The van der Waals surface area contributed by atoms with Crippen LogP contribution in [0, 0.1) is 12.3 Å². The number of likely N-dealkylation sites (N-methyl/N-ethyl adjacent to an activating group) is 1. The van der Waals surface area contributed by atoms with Crippen molar-refractivity contribution in [3.8, 4) is 12.3 Å². The molecule has 0 aliphatic carbocycles. The van der Waals surface area contributed by atoms with Crippen LogP contribution in [0.4, 0.5) is 18.0 Å². The van der Waals surface area contributed by atoms with Crippen LogP contribution in [-0.4, -0.2) is 95.1 Å². The minimum Gasteiger partial charge on any atom is -0.444 e. The first-order valence-electron chi connectivity index (χ1n) is 15.5. The molecule has 0 radical (unpaired) electrons. The van der Waals surface area contributed by atoms with Crippen molar-refractivity contribution in [1.29, 1.82) is 0 Å². The molecule has 0 aromatic heterocycles. The van der Waals surface area contributed by atoms with Gasteiger partial charge in [0.25, 0.3) is 0 Å². The lowest BCUT2D eigenvalue weighted by atomic mass is 10.0. The van der Waals surface area contributed by atoms with Crippen LogP contribution in [0.5, 0.6) is 0 Å². The normalized spacial score (nSPS) is 16.1. The maximum Gasteiger partial charge on any atom is 0.471 e. The Morgan fingerprint density at radius 2 is 1.68 bits per heavy atom. The molecule has 1 fully saturated rings. The average molecular weight is 657 g/mol. The monoisotopic (exact) mass is 656 g/mol. The third-order valence-corrected chi connectivity index (χ3v) is 7.95. The minimum absolute atomic E-state index is 0.0563. The highest BCUT2D eigenvalue weighted by Crippen LogP contribution is 2.25. The number of ether oxygens (including phenoxy) is 1. The molecule has 1 N–H and O–H groups in total. The summed E-state index contributed by atoms with van der Waals surface area (Å²) in [6.45, 7) is 6.33. The zero-order chi connectivity index (χ0) is 34.9. The number of rotatable bonds is 11. The molecule has 47 heavy (non-hydrogen) atoms. The molecule has 9 nitrogen and oxygen atoms in total. The lowest BCUT2D eigenvalue weighted by Gasteiger charge is -2.34. The van der Waals surface area contributed by atoms with Crippen LogP contribution in [0.1, 0.15) is 57.2 Å². The zero-order valence-electron chi connectivity index (χ0n) is 27.5. The molecule has 2 aromatic carbocycles. The van der Waals surface area contributed by atoms with E-state index in [-0.39, 0.29) is 32.5 Å². The summed E-state index contributed by atoms with van der Waals surface area (Å²) in [7, 11) is 1.41. The smallest absolute Gasteiger partial charge is 0.444 e. The van der Waals surface area contributed by atoms with E-state index in [1.807, 2.05) is 0 Å². The molecule has 12 heteroatoms. The van der Waals surface area contributed by atoms with E-state index < -0.39 is 53.7 Å². The summed E-state index contributed by atoms with van der Waals surface area (Å²) >= 11 is 0. The van der Waals surface area contributed by atoms with Gasteiger partial charge in [0.15, 0.2) is 0 Å². The van der Waals surface area contributed by atoms with Gasteiger partial charge in [-0.05, 0) is 70.2 Å². The molecule has 3 rings (SSSR count). The van der Waals surface area contributed by atoms with Crippen molar-refractivity contribution < 1.29 is 37.1 Å². The molecule has 1 aliphatic rings. The molecule has 4 amide bonds. The highest BCUT2D eigenvalue weighted by Gasteiger charge is 2.44. The maximum absolute atomic E-state index is 14.1. The van der Waals surface area contributed by atoms with E-state index in [0.717, 1.165) is 15.4 Å². The van der Waals surface area contributed by atoms with Gasteiger partial charge in [-0.2, -0.15) is 13.2 Å². The van der Waals surface area contributed by atoms with E-state index in [1.54, 1.807) is 75.4 Å². The van der Waals surface area contributed by atoms with Crippen molar-refractivity contribution in [2.45, 2.75) is 83.3 Å². The lowest BCUT2D eigenvalue weighted by molar-refractivity contribution is -0.186. The van der Waals surface area contributed by atoms with Gasteiger partial charge in [0.05, 0.1) is 0 Å². The molecule has 0 unspecified atom stereocenters. The number of carbonyl (C=O) groups is 4. The van der Waals surface area contributed by atoms with Gasteiger partial charge in [-0.15, -0.1) is 6.42 Å². The largest absolute Gasteiger partial charge is 0.471 e. The first kappa shape index (κ1) is 36.9. The van der Waals surface area contributed by atoms with Gasteiger partial charge in [-0.25, -0.2) is 4.79 Å². The predicted molar refractivity (Wildman–Crippen MR) is 171 cm³/mol. The number of carbonyl (C=O) groups excluding carboxylic acids is 4. The molecular formula is C35H43F3N4O5. The fraction of sp³-hybridized carbons (Fsp3) is 0.486. The van der Waals surface area contributed by atoms with Crippen LogP contribution in [0.2, 0.25) is 0 Å². The number of nitrogens with one attached hydrogen (secondary N) is 1. The van der Waals surface area contributed by atoms with Crippen LogP contribution in [0.25, 0.3) is 0 Å². The number of nitrogens with zero attached hydrogens (tertiary/aromatic N) is 3. The molecule has 1 aliphatic heterocycles. The standard InChI is InChI=1S/C35H43F3N4O5/c1-7-25-15-17-27(18-16-25)22-29(39-30(43)24(2)40(6)33(46)47-34(3,4)5)31(44)42-20-11-14-28(42)23-41(32(45)35(36,37)38)21-19-26-12-9-8-10-13-26/h1,8-10,12-13,15-18,24,28-29H,11,14,19-23H2,2-6H3,(H,39,43)/t24-,28-,29-/m0/s1. The Kier molecular flexibility index (Phi) is 12.5. The Labute approximate surface area is 274 Å². The Balaban J connectivity index is 1.84. The van der Waals surface area contributed by atoms with Gasteiger partial charge in [0, 0.05) is 44.7 Å².